The molecule has 0 aliphatic carbocycles. The molecule has 0 aliphatic heterocycles. The van der Waals surface area contributed by atoms with E-state index in [0.717, 1.165) is 34.2 Å². The second kappa shape index (κ2) is 19.7. The number of pyridine rings is 6. The van der Waals surface area contributed by atoms with Crippen LogP contribution in [0.15, 0.2) is 110 Å². The van der Waals surface area contributed by atoms with Crippen LogP contribution in [0.5, 0.6) is 0 Å². The molecule has 0 radical (unpaired) electrons. The maximum Gasteiger partial charge on any atom is 0.0889 e. The van der Waals surface area contributed by atoms with Gasteiger partial charge in [0, 0.05) is 56.7 Å². The van der Waals surface area contributed by atoms with Crippen LogP contribution in [0.2, 0.25) is 0 Å². The Morgan fingerprint density at radius 2 is 0.344 bits per heavy atom. The van der Waals surface area contributed by atoms with Gasteiger partial charge in [-0.3, -0.25) is 29.9 Å². The van der Waals surface area contributed by atoms with Crippen molar-refractivity contribution in [2.75, 3.05) is 0 Å². The molecular weight excluding hydrogens is 834 g/mol. The van der Waals surface area contributed by atoms with Crippen molar-refractivity contribution in [2.24, 2.45) is 0 Å². The van der Waals surface area contributed by atoms with Gasteiger partial charge in [-0.1, -0.05) is 125 Å². The van der Waals surface area contributed by atoms with Crippen molar-refractivity contribution in [3.8, 4) is 34.2 Å². The number of hydrogen-bond acceptors (Lipinski definition) is 6. The van der Waals surface area contributed by atoms with Crippen LogP contribution in [0.3, 0.4) is 0 Å². The van der Waals surface area contributed by atoms with E-state index in [2.05, 4.69) is 227 Å². The Labute approximate surface area is 382 Å². The van der Waals surface area contributed by atoms with Gasteiger partial charge >= 0.3 is 0 Å². The molecule has 0 spiro atoms. The topological polar surface area (TPSA) is 77.3 Å². The van der Waals surface area contributed by atoms with Crippen LogP contribution in [0.1, 0.15) is 158 Å². The average molecular weight is 906 g/mol. The van der Waals surface area contributed by atoms with Gasteiger partial charge in [-0.05, 0) is 139 Å². The maximum atomic E-state index is 4.48. The smallest absolute Gasteiger partial charge is 0.0889 e. The SMILES string of the molecule is CC(C)(C)c1ccnc(-c2cc(C(C)(C)C)ccn2)c1.CC(C)(C)c1ccnc(-c2cc(C(C)(C)C)ccn2)c1.CC(C)(C)c1ccnc(-c2cc(C(C)(C)C)ccn2)c1.[Ru]. The zero-order valence-corrected chi connectivity index (χ0v) is 42.2. The Balaban J connectivity index is 0.000000242. The van der Waals surface area contributed by atoms with Gasteiger partial charge in [0.2, 0.25) is 0 Å². The third-order valence-corrected chi connectivity index (χ3v) is 10.5. The van der Waals surface area contributed by atoms with Gasteiger partial charge in [0.25, 0.3) is 0 Å². The van der Waals surface area contributed by atoms with Crippen LogP contribution < -0.4 is 0 Å². The fourth-order valence-corrected chi connectivity index (χ4v) is 6.22. The molecule has 0 amide bonds. The van der Waals surface area contributed by atoms with Crippen molar-refractivity contribution < 1.29 is 19.5 Å². The molecule has 0 aromatic carbocycles. The number of aromatic nitrogens is 6. The van der Waals surface area contributed by atoms with E-state index in [-0.39, 0.29) is 52.0 Å². The van der Waals surface area contributed by atoms with Gasteiger partial charge in [-0.15, -0.1) is 0 Å². The second-order valence-electron chi connectivity index (χ2n) is 22.1. The molecule has 0 saturated carbocycles. The summed E-state index contributed by atoms with van der Waals surface area (Å²) in [4.78, 5) is 26.9. The minimum absolute atomic E-state index is 0. The molecule has 61 heavy (non-hydrogen) atoms. The molecule has 6 rings (SSSR count). The van der Waals surface area contributed by atoms with Crippen molar-refractivity contribution in [3.05, 3.63) is 143 Å². The second-order valence-corrected chi connectivity index (χ2v) is 22.1. The van der Waals surface area contributed by atoms with Crippen LogP contribution in [0.4, 0.5) is 0 Å². The summed E-state index contributed by atoms with van der Waals surface area (Å²) in [6, 6.07) is 25.4. The molecule has 0 fully saturated rings. The van der Waals surface area contributed by atoms with E-state index >= 15 is 0 Å². The Bertz CT molecular complexity index is 1910. The van der Waals surface area contributed by atoms with Gasteiger partial charge in [-0.25, -0.2) is 0 Å². The van der Waals surface area contributed by atoms with E-state index in [4.69, 9.17) is 0 Å². The fraction of sp³-hybridized carbons (Fsp3) is 0.444. The first kappa shape index (κ1) is 50.9. The molecule has 6 aromatic rings. The van der Waals surface area contributed by atoms with E-state index in [1.165, 1.54) is 33.4 Å². The molecule has 0 unspecified atom stereocenters. The molecule has 7 heteroatoms. The predicted molar refractivity (Wildman–Crippen MR) is 255 cm³/mol. The van der Waals surface area contributed by atoms with Crippen molar-refractivity contribution >= 4 is 0 Å². The molecule has 6 nitrogen and oxygen atoms in total. The van der Waals surface area contributed by atoms with E-state index in [9.17, 15) is 0 Å². The summed E-state index contributed by atoms with van der Waals surface area (Å²) in [5.74, 6) is 0. The minimum atomic E-state index is 0. The molecule has 0 bridgehead atoms. The first-order chi connectivity index (χ1) is 27.5. The molecule has 326 valence electrons. The quantitative estimate of drug-likeness (QED) is 0.165. The molecule has 6 heterocycles. The zero-order chi connectivity index (χ0) is 44.9. The van der Waals surface area contributed by atoms with Crippen LogP contribution in [-0.2, 0) is 52.0 Å². The van der Waals surface area contributed by atoms with Crippen molar-refractivity contribution in [1.82, 2.24) is 29.9 Å². The Kier molecular flexibility index (Phi) is 16.4. The molecule has 0 N–H and O–H groups in total. The van der Waals surface area contributed by atoms with E-state index in [1.807, 2.05) is 37.2 Å². The fourth-order valence-electron chi connectivity index (χ4n) is 6.22. The van der Waals surface area contributed by atoms with Crippen molar-refractivity contribution in [1.29, 1.82) is 0 Å². The van der Waals surface area contributed by atoms with Gasteiger partial charge in [0.05, 0.1) is 34.2 Å². The third-order valence-electron chi connectivity index (χ3n) is 10.5. The third kappa shape index (κ3) is 14.8. The number of nitrogens with zero attached hydrogens (tertiary/aromatic N) is 6. The van der Waals surface area contributed by atoms with Gasteiger partial charge < -0.3 is 0 Å². The molecule has 0 aliphatic rings. The molecule has 0 saturated heterocycles. The van der Waals surface area contributed by atoms with Crippen molar-refractivity contribution in [2.45, 2.75) is 157 Å². The summed E-state index contributed by atoms with van der Waals surface area (Å²) in [5, 5.41) is 0. The number of hydrogen-bond donors (Lipinski definition) is 0. The molecular formula is C54H72N6Ru. The first-order valence-electron chi connectivity index (χ1n) is 21.3. The van der Waals surface area contributed by atoms with E-state index in [0.29, 0.717) is 0 Å². The van der Waals surface area contributed by atoms with E-state index in [1.54, 1.807) is 0 Å². The standard InChI is InChI=1S/3C18H24N2.Ru/c3*1-17(2,3)13-7-9-19-15(11-13)16-12-14(8-10-20-16)18(4,5)6;/h3*7-12H,1-6H3;. The Morgan fingerprint density at radius 1 is 0.230 bits per heavy atom. The van der Waals surface area contributed by atoms with Crippen LogP contribution >= 0.6 is 0 Å². The normalized spacial score (nSPS) is 12.3. The minimum Gasteiger partial charge on any atom is -0.255 e. The summed E-state index contributed by atoms with van der Waals surface area (Å²) >= 11 is 0. The monoisotopic (exact) mass is 906 g/mol. The zero-order valence-electron chi connectivity index (χ0n) is 40.4. The largest absolute Gasteiger partial charge is 0.255 e. The number of rotatable bonds is 3. The summed E-state index contributed by atoms with van der Waals surface area (Å²) in [6.45, 7) is 39.8. The summed E-state index contributed by atoms with van der Waals surface area (Å²) in [7, 11) is 0. The average Bonchev–Trinajstić information content (AvgIpc) is 3.17. The van der Waals surface area contributed by atoms with Crippen LogP contribution in [0.25, 0.3) is 34.2 Å². The summed E-state index contributed by atoms with van der Waals surface area (Å²) in [5.41, 5.74) is 14.1. The predicted octanol–water partition coefficient (Wildman–Crippen LogP) is 14.2. The maximum absolute atomic E-state index is 4.48. The van der Waals surface area contributed by atoms with E-state index < -0.39 is 0 Å². The molecule has 0 atom stereocenters. The Hall–Kier alpha value is -4.48. The molecule has 6 aromatic heterocycles. The van der Waals surface area contributed by atoms with Gasteiger partial charge in [0.1, 0.15) is 0 Å². The summed E-state index contributed by atoms with van der Waals surface area (Å²) in [6.07, 6.45) is 11.3. The van der Waals surface area contributed by atoms with Gasteiger partial charge in [0.15, 0.2) is 0 Å². The van der Waals surface area contributed by atoms with Crippen molar-refractivity contribution in [3.63, 3.8) is 0 Å². The van der Waals surface area contributed by atoms with Crippen LogP contribution in [0, 0.1) is 0 Å². The summed E-state index contributed by atoms with van der Waals surface area (Å²) < 4.78 is 0. The Morgan fingerprint density at radius 3 is 0.443 bits per heavy atom. The first-order valence-corrected chi connectivity index (χ1v) is 21.3. The van der Waals surface area contributed by atoms with Crippen LogP contribution in [-0.4, -0.2) is 29.9 Å². The van der Waals surface area contributed by atoms with Gasteiger partial charge in [-0.2, -0.15) is 0 Å².